The van der Waals surface area contributed by atoms with Gasteiger partial charge in [-0.2, -0.15) is 0 Å². The first kappa shape index (κ1) is 22.0. The molecule has 6 nitrogen and oxygen atoms in total. The van der Waals surface area contributed by atoms with Gasteiger partial charge in [-0.3, -0.25) is 15.2 Å². The summed E-state index contributed by atoms with van der Waals surface area (Å²) in [7, 11) is 0. The van der Waals surface area contributed by atoms with Gasteiger partial charge in [0.05, 0.1) is 17.8 Å². The molecule has 2 aromatic rings. The highest BCUT2D eigenvalue weighted by Crippen LogP contribution is 2.19. The van der Waals surface area contributed by atoms with E-state index in [9.17, 15) is 9.90 Å². The molecule has 0 saturated carbocycles. The molecule has 1 heterocycles. The first-order chi connectivity index (χ1) is 13.2. The van der Waals surface area contributed by atoms with Crippen molar-refractivity contribution in [3.63, 3.8) is 0 Å². The zero-order chi connectivity index (χ0) is 20.7. The van der Waals surface area contributed by atoms with Gasteiger partial charge < -0.3 is 10.8 Å². The molecule has 0 aliphatic carbocycles. The third-order valence-corrected chi connectivity index (χ3v) is 4.67. The second-order valence-corrected chi connectivity index (χ2v) is 8.17. The molecule has 0 radical (unpaired) electrons. The predicted molar refractivity (Wildman–Crippen MR) is 112 cm³/mol. The molecule has 0 fully saturated rings. The lowest BCUT2D eigenvalue weighted by molar-refractivity contribution is -0.130. The molecule has 1 aromatic heterocycles. The topological polar surface area (TPSA) is 91.5 Å². The zero-order valence-electron chi connectivity index (χ0n) is 17.2. The maximum Gasteiger partial charge on any atom is 0.251 e. The summed E-state index contributed by atoms with van der Waals surface area (Å²) in [5.74, 6) is -0.249. The Hall–Kier alpha value is -2.28. The van der Waals surface area contributed by atoms with Crippen LogP contribution in [0.1, 0.15) is 39.7 Å². The summed E-state index contributed by atoms with van der Waals surface area (Å²) in [4.78, 5) is 16.9. The molecule has 0 bridgehead atoms. The lowest BCUT2D eigenvalue weighted by Gasteiger charge is -2.31. The SMILES string of the molecule is CC[C@@H](O)CN(Cc1ccc(-c2ccccn2)cc1)NC(=O)[C@H](N)C(C)(C)C. The Balaban J connectivity index is 2.10. The van der Waals surface area contributed by atoms with Crippen LogP contribution in [0.15, 0.2) is 48.7 Å². The number of hydrogen-bond acceptors (Lipinski definition) is 5. The lowest BCUT2D eigenvalue weighted by Crippen LogP contribution is -2.55. The van der Waals surface area contributed by atoms with Gasteiger partial charge in [-0.25, -0.2) is 5.01 Å². The van der Waals surface area contributed by atoms with Crippen LogP contribution >= 0.6 is 0 Å². The summed E-state index contributed by atoms with van der Waals surface area (Å²) in [5.41, 5.74) is 11.6. The minimum absolute atomic E-state index is 0.249. The number of nitrogens with two attached hydrogens (primary N) is 1. The van der Waals surface area contributed by atoms with Crippen molar-refractivity contribution in [2.24, 2.45) is 11.1 Å². The fourth-order valence-electron chi connectivity index (χ4n) is 2.69. The first-order valence-corrected chi connectivity index (χ1v) is 9.70. The number of hydrogen-bond donors (Lipinski definition) is 3. The second-order valence-electron chi connectivity index (χ2n) is 8.17. The Morgan fingerprint density at radius 1 is 1.21 bits per heavy atom. The molecule has 152 valence electrons. The Labute approximate surface area is 167 Å². The van der Waals surface area contributed by atoms with Crippen LogP contribution in [0.4, 0.5) is 0 Å². The molecule has 0 aliphatic heterocycles. The molecule has 6 heteroatoms. The quantitative estimate of drug-likeness (QED) is 0.609. The standard InChI is InChI=1S/C22H32N4O2/c1-5-18(27)15-26(25-21(28)20(23)22(2,3)4)14-16-9-11-17(12-10-16)19-8-6-7-13-24-19/h6-13,18,20,27H,5,14-15,23H2,1-4H3,(H,25,28)/t18-,20+/m1/s1. The largest absolute Gasteiger partial charge is 0.392 e. The summed E-state index contributed by atoms with van der Waals surface area (Å²) in [5, 5.41) is 11.8. The van der Waals surface area contributed by atoms with Crippen molar-refractivity contribution in [3.05, 3.63) is 54.2 Å². The maximum atomic E-state index is 12.5. The Morgan fingerprint density at radius 2 is 1.89 bits per heavy atom. The van der Waals surface area contributed by atoms with Gasteiger partial charge in [0.15, 0.2) is 0 Å². The van der Waals surface area contributed by atoms with Gasteiger partial charge in [0.25, 0.3) is 5.91 Å². The van der Waals surface area contributed by atoms with Gasteiger partial charge in [0.2, 0.25) is 0 Å². The van der Waals surface area contributed by atoms with Gasteiger partial charge in [0, 0.05) is 24.8 Å². The van der Waals surface area contributed by atoms with Crippen molar-refractivity contribution in [1.82, 2.24) is 15.4 Å². The number of aliphatic hydroxyl groups excluding tert-OH is 1. The molecular weight excluding hydrogens is 352 g/mol. The number of benzene rings is 1. The third kappa shape index (κ3) is 6.41. The second kappa shape index (κ2) is 9.78. The summed E-state index contributed by atoms with van der Waals surface area (Å²) in [6.45, 7) is 8.51. The van der Waals surface area contributed by atoms with E-state index in [1.165, 1.54) is 0 Å². The number of nitrogens with one attached hydrogen (secondary N) is 1. The van der Waals surface area contributed by atoms with Crippen LogP contribution in [0.3, 0.4) is 0 Å². The molecular formula is C22H32N4O2. The monoisotopic (exact) mass is 384 g/mol. The van der Waals surface area contributed by atoms with Crippen molar-refractivity contribution in [3.8, 4) is 11.3 Å². The van der Waals surface area contributed by atoms with E-state index in [4.69, 9.17) is 5.73 Å². The molecule has 0 saturated heterocycles. The summed E-state index contributed by atoms with van der Waals surface area (Å²) < 4.78 is 0. The van der Waals surface area contributed by atoms with Gasteiger partial charge in [-0.15, -0.1) is 0 Å². The number of nitrogens with zero attached hydrogens (tertiary/aromatic N) is 2. The summed E-state index contributed by atoms with van der Waals surface area (Å²) >= 11 is 0. The van der Waals surface area contributed by atoms with E-state index in [1.807, 2.05) is 70.2 Å². The van der Waals surface area contributed by atoms with Crippen LogP contribution < -0.4 is 11.2 Å². The van der Waals surface area contributed by atoms with Gasteiger partial charge in [-0.05, 0) is 29.5 Å². The van der Waals surface area contributed by atoms with Crippen LogP contribution in [-0.2, 0) is 11.3 Å². The first-order valence-electron chi connectivity index (χ1n) is 9.70. The number of rotatable bonds is 8. The van der Waals surface area contributed by atoms with E-state index in [-0.39, 0.29) is 11.3 Å². The zero-order valence-corrected chi connectivity index (χ0v) is 17.2. The van der Waals surface area contributed by atoms with Crippen LogP contribution in [0.5, 0.6) is 0 Å². The third-order valence-electron chi connectivity index (χ3n) is 4.67. The highest BCUT2D eigenvalue weighted by molar-refractivity contribution is 5.81. The fourth-order valence-corrected chi connectivity index (χ4v) is 2.69. The van der Waals surface area contributed by atoms with E-state index < -0.39 is 12.1 Å². The van der Waals surface area contributed by atoms with E-state index >= 15 is 0 Å². The normalized spacial score (nSPS) is 14.0. The molecule has 2 rings (SSSR count). The van der Waals surface area contributed by atoms with Crippen LogP contribution in [0.2, 0.25) is 0 Å². The molecule has 1 aromatic carbocycles. The lowest BCUT2D eigenvalue weighted by atomic mass is 9.87. The number of amides is 1. The minimum Gasteiger partial charge on any atom is -0.392 e. The highest BCUT2D eigenvalue weighted by atomic mass is 16.3. The van der Waals surface area contributed by atoms with Crippen molar-refractivity contribution >= 4 is 5.91 Å². The predicted octanol–water partition coefficient (Wildman–Crippen LogP) is 2.73. The number of carbonyl (C=O) groups is 1. The van der Waals surface area contributed by atoms with Crippen molar-refractivity contribution < 1.29 is 9.90 Å². The van der Waals surface area contributed by atoms with E-state index in [0.717, 1.165) is 16.8 Å². The van der Waals surface area contributed by atoms with Gasteiger partial charge in [-0.1, -0.05) is 58.0 Å². The average molecular weight is 385 g/mol. The number of aliphatic hydroxyl groups is 1. The molecule has 0 unspecified atom stereocenters. The number of carbonyl (C=O) groups excluding carboxylic acids is 1. The Kier molecular flexibility index (Phi) is 7.69. The number of pyridine rings is 1. The molecule has 0 spiro atoms. The van der Waals surface area contributed by atoms with Crippen LogP contribution in [-0.4, -0.2) is 39.7 Å². The van der Waals surface area contributed by atoms with Gasteiger partial charge in [0.1, 0.15) is 0 Å². The smallest absolute Gasteiger partial charge is 0.251 e. The van der Waals surface area contributed by atoms with Crippen LogP contribution in [0.25, 0.3) is 11.3 Å². The maximum absolute atomic E-state index is 12.5. The highest BCUT2D eigenvalue weighted by Gasteiger charge is 2.28. The Morgan fingerprint density at radius 3 is 2.43 bits per heavy atom. The molecule has 0 aliphatic rings. The van der Waals surface area contributed by atoms with Crippen molar-refractivity contribution in [1.29, 1.82) is 0 Å². The number of hydrazine groups is 1. The molecule has 1 amide bonds. The summed E-state index contributed by atoms with van der Waals surface area (Å²) in [6.07, 6.45) is 1.85. The molecule has 28 heavy (non-hydrogen) atoms. The van der Waals surface area contributed by atoms with E-state index in [0.29, 0.717) is 19.5 Å². The van der Waals surface area contributed by atoms with Crippen LogP contribution in [0, 0.1) is 5.41 Å². The molecule has 2 atom stereocenters. The average Bonchev–Trinajstić information content (AvgIpc) is 2.67. The fraction of sp³-hybridized carbons (Fsp3) is 0.455. The van der Waals surface area contributed by atoms with E-state index in [2.05, 4.69) is 10.4 Å². The van der Waals surface area contributed by atoms with E-state index in [1.54, 1.807) is 11.2 Å². The Bertz CT molecular complexity index is 741. The van der Waals surface area contributed by atoms with Crippen molar-refractivity contribution in [2.45, 2.75) is 52.8 Å². The van der Waals surface area contributed by atoms with Crippen molar-refractivity contribution in [2.75, 3.05) is 6.54 Å². The van der Waals surface area contributed by atoms with Gasteiger partial charge >= 0.3 is 0 Å². The number of aromatic nitrogens is 1. The molecule has 4 N–H and O–H groups in total. The minimum atomic E-state index is -0.639. The summed E-state index contributed by atoms with van der Waals surface area (Å²) in [6, 6.07) is 13.2.